The largest absolute Gasteiger partial charge is 0.462 e. The first-order valence-corrected chi connectivity index (χ1v) is 7.24. The van der Waals surface area contributed by atoms with E-state index in [1.54, 1.807) is 6.92 Å². The van der Waals surface area contributed by atoms with Gasteiger partial charge in [0.05, 0.1) is 6.61 Å². The molecule has 6 nitrogen and oxygen atoms in total. The molecule has 0 radical (unpaired) electrons. The summed E-state index contributed by atoms with van der Waals surface area (Å²) in [5, 5.41) is 11.2. The zero-order valence-corrected chi connectivity index (χ0v) is 12.0. The summed E-state index contributed by atoms with van der Waals surface area (Å²) in [6, 6.07) is 7.59. The van der Waals surface area contributed by atoms with Crippen molar-refractivity contribution in [2.45, 2.75) is 19.8 Å². The highest BCUT2D eigenvalue weighted by Crippen LogP contribution is 2.29. The molecule has 0 bridgehead atoms. The van der Waals surface area contributed by atoms with Crippen LogP contribution in [0.5, 0.6) is 0 Å². The first-order chi connectivity index (χ1) is 10.3. The topological polar surface area (TPSA) is 70.0 Å². The van der Waals surface area contributed by atoms with Gasteiger partial charge in [-0.2, -0.15) is 0 Å². The Morgan fingerprint density at radius 3 is 2.86 bits per heavy atom. The average molecular weight is 286 g/mol. The highest BCUT2D eigenvalue weighted by Gasteiger charge is 2.20. The Morgan fingerprint density at radius 1 is 1.33 bits per heavy atom. The highest BCUT2D eigenvalue weighted by atomic mass is 16.5. The van der Waals surface area contributed by atoms with Crippen LogP contribution in [-0.2, 0) is 4.74 Å². The molecular formula is C15H18N4O2. The number of aromatic nitrogens is 1. The predicted molar refractivity (Wildman–Crippen MR) is 79.6 cm³/mol. The lowest BCUT2D eigenvalue weighted by Gasteiger charge is -2.06. The van der Waals surface area contributed by atoms with E-state index in [2.05, 4.69) is 15.3 Å². The third-order valence-corrected chi connectivity index (χ3v) is 3.52. The second kappa shape index (κ2) is 5.95. The molecule has 2 heterocycles. The number of para-hydroxylation sites is 1. The van der Waals surface area contributed by atoms with Crippen LogP contribution in [0.3, 0.4) is 0 Å². The molecule has 0 saturated carbocycles. The normalized spacial score (nSPS) is 15.2. The molecule has 1 saturated heterocycles. The number of ether oxygens (including phenoxy) is 1. The second-order valence-electron chi connectivity index (χ2n) is 4.96. The third kappa shape index (κ3) is 2.74. The Kier molecular flexibility index (Phi) is 3.85. The van der Waals surface area contributed by atoms with Crippen molar-refractivity contribution in [3.8, 4) is 0 Å². The molecule has 1 aliphatic heterocycles. The molecule has 21 heavy (non-hydrogen) atoms. The third-order valence-electron chi connectivity index (χ3n) is 3.52. The van der Waals surface area contributed by atoms with E-state index in [9.17, 15) is 4.79 Å². The molecule has 2 aromatic rings. The molecule has 6 heteroatoms. The fraction of sp³-hybridized carbons (Fsp3) is 0.400. The number of hydrogen-bond donors (Lipinski definition) is 1. The van der Waals surface area contributed by atoms with E-state index < -0.39 is 0 Å². The SMILES string of the molecule is CCOC(=O)c1c(N=NN2CCCC2)[nH]c2ccccc12. The molecule has 1 aromatic heterocycles. The monoisotopic (exact) mass is 286 g/mol. The lowest BCUT2D eigenvalue weighted by Crippen LogP contribution is -2.10. The molecule has 1 fully saturated rings. The van der Waals surface area contributed by atoms with Crippen LogP contribution in [0.25, 0.3) is 10.9 Å². The Morgan fingerprint density at radius 2 is 2.10 bits per heavy atom. The number of fused-ring (bicyclic) bond motifs is 1. The minimum Gasteiger partial charge on any atom is -0.462 e. The van der Waals surface area contributed by atoms with Crippen LogP contribution in [0.2, 0.25) is 0 Å². The molecule has 0 amide bonds. The number of rotatable bonds is 4. The van der Waals surface area contributed by atoms with Gasteiger partial charge in [0.15, 0.2) is 5.82 Å². The maximum absolute atomic E-state index is 12.2. The molecule has 1 aliphatic rings. The van der Waals surface area contributed by atoms with Crippen molar-refractivity contribution in [3.05, 3.63) is 29.8 Å². The molecule has 0 aliphatic carbocycles. The zero-order valence-electron chi connectivity index (χ0n) is 12.0. The van der Waals surface area contributed by atoms with Gasteiger partial charge in [0.25, 0.3) is 0 Å². The highest BCUT2D eigenvalue weighted by molar-refractivity contribution is 6.08. The summed E-state index contributed by atoms with van der Waals surface area (Å²) in [4.78, 5) is 15.3. The maximum atomic E-state index is 12.2. The zero-order chi connectivity index (χ0) is 14.7. The number of hydrogen-bond acceptors (Lipinski definition) is 4. The van der Waals surface area contributed by atoms with Gasteiger partial charge in [-0.05, 0) is 25.8 Å². The van der Waals surface area contributed by atoms with Gasteiger partial charge < -0.3 is 9.72 Å². The van der Waals surface area contributed by atoms with Crippen molar-refractivity contribution in [1.82, 2.24) is 9.99 Å². The van der Waals surface area contributed by atoms with Crippen molar-refractivity contribution in [1.29, 1.82) is 0 Å². The van der Waals surface area contributed by atoms with Crippen molar-refractivity contribution < 1.29 is 9.53 Å². The molecule has 1 N–H and O–H groups in total. The molecular weight excluding hydrogens is 268 g/mol. The van der Waals surface area contributed by atoms with Gasteiger partial charge in [-0.15, -0.1) is 5.11 Å². The fourth-order valence-electron chi connectivity index (χ4n) is 2.51. The van der Waals surface area contributed by atoms with Crippen LogP contribution in [0.15, 0.2) is 34.6 Å². The first kappa shape index (κ1) is 13.6. The average Bonchev–Trinajstić information content (AvgIpc) is 3.12. The van der Waals surface area contributed by atoms with Crippen molar-refractivity contribution in [3.63, 3.8) is 0 Å². The Bertz CT molecular complexity index is 671. The van der Waals surface area contributed by atoms with Gasteiger partial charge in [-0.3, -0.25) is 5.01 Å². The number of carbonyl (C=O) groups excluding carboxylic acids is 1. The van der Waals surface area contributed by atoms with Gasteiger partial charge in [0.2, 0.25) is 0 Å². The standard InChI is InChI=1S/C15H18N4O2/c1-2-21-15(20)13-11-7-3-4-8-12(11)16-14(13)17-18-19-9-5-6-10-19/h3-4,7-8,16H,2,5-6,9-10H2,1H3. The predicted octanol–water partition coefficient (Wildman–Crippen LogP) is 3.44. The van der Waals surface area contributed by atoms with Gasteiger partial charge in [-0.25, -0.2) is 4.79 Å². The Hall–Kier alpha value is -2.37. The molecule has 3 rings (SSSR count). The minimum atomic E-state index is -0.370. The van der Waals surface area contributed by atoms with Crippen molar-refractivity contribution in [2.24, 2.45) is 10.3 Å². The Labute approximate surface area is 122 Å². The van der Waals surface area contributed by atoms with Crippen molar-refractivity contribution in [2.75, 3.05) is 19.7 Å². The van der Waals surface area contributed by atoms with E-state index in [4.69, 9.17) is 4.74 Å². The maximum Gasteiger partial charge on any atom is 0.342 e. The number of benzene rings is 1. The van der Waals surface area contributed by atoms with E-state index in [1.807, 2.05) is 29.3 Å². The molecule has 0 unspecified atom stereocenters. The summed E-state index contributed by atoms with van der Waals surface area (Å²) >= 11 is 0. The number of esters is 1. The summed E-state index contributed by atoms with van der Waals surface area (Å²) in [6.45, 7) is 3.95. The molecule has 0 atom stereocenters. The van der Waals surface area contributed by atoms with Crippen LogP contribution < -0.4 is 0 Å². The smallest absolute Gasteiger partial charge is 0.342 e. The summed E-state index contributed by atoms with van der Waals surface area (Å²) < 4.78 is 5.13. The van der Waals surface area contributed by atoms with E-state index in [-0.39, 0.29) is 5.97 Å². The van der Waals surface area contributed by atoms with E-state index in [0.29, 0.717) is 18.0 Å². The molecule has 110 valence electrons. The molecule has 1 aromatic carbocycles. The second-order valence-corrected chi connectivity index (χ2v) is 4.96. The van der Waals surface area contributed by atoms with Gasteiger partial charge >= 0.3 is 5.97 Å². The first-order valence-electron chi connectivity index (χ1n) is 7.24. The van der Waals surface area contributed by atoms with Gasteiger partial charge in [0.1, 0.15) is 5.56 Å². The van der Waals surface area contributed by atoms with Crippen molar-refractivity contribution >= 4 is 22.7 Å². The van der Waals surface area contributed by atoms with Crippen LogP contribution in [-0.4, -0.2) is 35.7 Å². The van der Waals surface area contributed by atoms with Crippen LogP contribution in [0.4, 0.5) is 5.82 Å². The lowest BCUT2D eigenvalue weighted by atomic mass is 10.1. The van der Waals surface area contributed by atoms with Crippen LogP contribution in [0.1, 0.15) is 30.1 Å². The summed E-state index contributed by atoms with van der Waals surface area (Å²) in [7, 11) is 0. The van der Waals surface area contributed by atoms with E-state index in [0.717, 1.165) is 36.8 Å². The van der Waals surface area contributed by atoms with E-state index in [1.165, 1.54) is 0 Å². The number of carbonyl (C=O) groups is 1. The fourth-order valence-corrected chi connectivity index (χ4v) is 2.51. The summed E-state index contributed by atoms with van der Waals surface area (Å²) in [6.07, 6.45) is 2.27. The number of aromatic amines is 1. The van der Waals surface area contributed by atoms with Gasteiger partial charge in [-0.1, -0.05) is 23.4 Å². The van der Waals surface area contributed by atoms with Crippen LogP contribution in [0, 0.1) is 0 Å². The van der Waals surface area contributed by atoms with Crippen LogP contribution >= 0.6 is 0 Å². The van der Waals surface area contributed by atoms with E-state index >= 15 is 0 Å². The Balaban J connectivity index is 1.99. The van der Waals surface area contributed by atoms with Gasteiger partial charge in [0, 0.05) is 24.0 Å². The summed E-state index contributed by atoms with van der Waals surface area (Å²) in [5.41, 5.74) is 1.31. The molecule has 0 spiro atoms. The lowest BCUT2D eigenvalue weighted by molar-refractivity contribution is 0.0529. The quantitative estimate of drug-likeness (QED) is 0.691. The minimum absolute atomic E-state index is 0.334. The number of nitrogens with one attached hydrogen (secondary N) is 1. The number of nitrogens with zero attached hydrogens (tertiary/aromatic N) is 3. The number of H-pyrrole nitrogens is 1. The summed E-state index contributed by atoms with van der Waals surface area (Å²) in [5.74, 6) is 0.0897.